The highest BCUT2D eigenvalue weighted by molar-refractivity contribution is 5.94. The molecule has 110 valence electrons. The minimum absolute atomic E-state index is 0.0759. The molecule has 7 heteroatoms. The maximum atomic E-state index is 12.7. The van der Waals surface area contributed by atoms with Crippen molar-refractivity contribution in [2.24, 2.45) is 0 Å². The molecule has 2 aromatic heterocycles. The van der Waals surface area contributed by atoms with Gasteiger partial charge in [0, 0.05) is 25.0 Å². The van der Waals surface area contributed by atoms with Gasteiger partial charge in [-0.25, -0.2) is 4.98 Å². The van der Waals surface area contributed by atoms with E-state index in [4.69, 9.17) is 9.47 Å². The summed E-state index contributed by atoms with van der Waals surface area (Å²) in [6.45, 7) is 1.52. The molecule has 1 saturated heterocycles. The lowest BCUT2D eigenvalue weighted by molar-refractivity contribution is -0.00393. The van der Waals surface area contributed by atoms with Crippen molar-refractivity contribution in [3.05, 3.63) is 41.9 Å². The van der Waals surface area contributed by atoms with Crippen LogP contribution in [-0.4, -0.2) is 52.9 Å². The molecule has 0 aliphatic carbocycles. The fourth-order valence-corrected chi connectivity index (χ4v) is 2.35. The summed E-state index contributed by atoms with van der Waals surface area (Å²) in [4.78, 5) is 18.5. The summed E-state index contributed by atoms with van der Waals surface area (Å²) in [5, 5.41) is 6.84. The Kier molecular flexibility index (Phi) is 3.83. The third-order valence-electron chi connectivity index (χ3n) is 3.46. The zero-order valence-electron chi connectivity index (χ0n) is 11.7. The number of methoxy groups -OCH3 is 1. The van der Waals surface area contributed by atoms with Crippen LogP contribution in [0.15, 0.2) is 30.6 Å². The number of hydrogen-bond acceptors (Lipinski definition) is 5. The van der Waals surface area contributed by atoms with E-state index in [1.165, 1.54) is 6.20 Å². The van der Waals surface area contributed by atoms with Crippen LogP contribution in [0.4, 0.5) is 0 Å². The maximum absolute atomic E-state index is 12.7. The van der Waals surface area contributed by atoms with E-state index < -0.39 is 0 Å². The van der Waals surface area contributed by atoms with Gasteiger partial charge in [0.15, 0.2) is 0 Å². The number of ether oxygens (including phenoxy) is 2. The minimum Gasteiger partial charge on any atom is -0.481 e. The first-order chi connectivity index (χ1) is 10.3. The fraction of sp³-hybridized carbons (Fsp3) is 0.357. The zero-order chi connectivity index (χ0) is 14.7. The van der Waals surface area contributed by atoms with Gasteiger partial charge < -0.3 is 14.4 Å². The van der Waals surface area contributed by atoms with Crippen LogP contribution in [0.5, 0.6) is 5.88 Å². The smallest absolute Gasteiger partial charge is 0.256 e. The Labute approximate surface area is 121 Å². The average Bonchev–Trinajstić information content (AvgIpc) is 3.08. The molecule has 21 heavy (non-hydrogen) atoms. The Morgan fingerprint density at radius 2 is 2.38 bits per heavy atom. The van der Waals surface area contributed by atoms with Gasteiger partial charge in [-0.15, -0.1) is 0 Å². The number of aromatic nitrogens is 3. The third-order valence-corrected chi connectivity index (χ3v) is 3.46. The van der Waals surface area contributed by atoms with Gasteiger partial charge in [0.05, 0.1) is 37.6 Å². The molecule has 1 aliphatic heterocycles. The molecule has 1 atom stereocenters. The fourth-order valence-electron chi connectivity index (χ4n) is 2.35. The number of nitrogens with one attached hydrogen (secondary N) is 1. The number of nitrogens with zero attached hydrogens (tertiary/aromatic N) is 3. The van der Waals surface area contributed by atoms with Crippen LogP contribution in [0, 0.1) is 0 Å². The van der Waals surface area contributed by atoms with Gasteiger partial charge in [-0.2, -0.15) is 5.10 Å². The second-order valence-electron chi connectivity index (χ2n) is 4.69. The van der Waals surface area contributed by atoms with Crippen molar-refractivity contribution in [3.63, 3.8) is 0 Å². The van der Waals surface area contributed by atoms with Crippen LogP contribution in [-0.2, 0) is 4.74 Å². The zero-order valence-corrected chi connectivity index (χ0v) is 11.7. The Bertz CT molecular complexity index is 597. The number of hydrogen-bond donors (Lipinski definition) is 1. The van der Waals surface area contributed by atoms with Crippen LogP contribution < -0.4 is 4.74 Å². The van der Waals surface area contributed by atoms with Crippen LogP contribution in [0.3, 0.4) is 0 Å². The summed E-state index contributed by atoms with van der Waals surface area (Å²) in [5.41, 5.74) is 1.40. The standard InChI is InChI=1S/C14H16N4O3/c1-20-13-3-2-10(8-15-13)14(19)18-6-7-21-9-12(18)11-4-5-16-17-11/h2-5,8,12H,6-7,9H2,1H3,(H,16,17)/t12-/m0/s1. The van der Waals surface area contributed by atoms with Crippen molar-refractivity contribution in [1.29, 1.82) is 0 Å². The van der Waals surface area contributed by atoms with E-state index in [0.717, 1.165) is 5.69 Å². The van der Waals surface area contributed by atoms with Crippen molar-refractivity contribution in [3.8, 4) is 5.88 Å². The molecule has 1 N–H and O–H groups in total. The van der Waals surface area contributed by atoms with Crippen LogP contribution in [0.25, 0.3) is 0 Å². The molecule has 0 bridgehead atoms. The molecule has 3 rings (SSSR count). The molecule has 0 aromatic carbocycles. The van der Waals surface area contributed by atoms with Gasteiger partial charge in [0.1, 0.15) is 0 Å². The number of morpholine rings is 1. The average molecular weight is 288 g/mol. The Balaban J connectivity index is 1.83. The van der Waals surface area contributed by atoms with E-state index in [9.17, 15) is 4.79 Å². The lowest BCUT2D eigenvalue weighted by atomic mass is 10.1. The van der Waals surface area contributed by atoms with Gasteiger partial charge in [-0.05, 0) is 12.1 Å². The van der Waals surface area contributed by atoms with Crippen molar-refractivity contribution in [2.75, 3.05) is 26.9 Å². The maximum Gasteiger partial charge on any atom is 0.256 e. The summed E-state index contributed by atoms with van der Waals surface area (Å²) in [6, 6.07) is 5.09. The molecule has 1 amide bonds. The number of rotatable bonds is 3. The summed E-state index contributed by atoms with van der Waals surface area (Å²) in [6.07, 6.45) is 3.20. The molecule has 0 saturated carbocycles. The van der Waals surface area contributed by atoms with E-state index in [1.807, 2.05) is 6.07 Å². The van der Waals surface area contributed by atoms with E-state index in [-0.39, 0.29) is 11.9 Å². The normalized spacial score (nSPS) is 18.5. The predicted octanol–water partition coefficient (Wildman–Crippen LogP) is 1.03. The molecular formula is C14H16N4O3. The highest BCUT2D eigenvalue weighted by Gasteiger charge is 2.30. The summed E-state index contributed by atoms with van der Waals surface area (Å²) in [7, 11) is 1.54. The molecule has 0 radical (unpaired) electrons. The summed E-state index contributed by atoms with van der Waals surface area (Å²) in [5.74, 6) is 0.409. The third kappa shape index (κ3) is 2.73. The number of pyridine rings is 1. The van der Waals surface area contributed by atoms with Gasteiger partial charge in [0.25, 0.3) is 5.91 Å². The SMILES string of the molecule is COc1ccc(C(=O)N2CCOC[C@H]2c2ccn[nH]2)cn1. The highest BCUT2D eigenvalue weighted by atomic mass is 16.5. The van der Waals surface area contributed by atoms with E-state index in [2.05, 4.69) is 15.2 Å². The van der Waals surface area contributed by atoms with Gasteiger partial charge >= 0.3 is 0 Å². The monoisotopic (exact) mass is 288 g/mol. The number of carbonyl (C=O) groups is 1. The first-order valence-corrected chi connectivity index (χ1v) is 6.67. The van der Waals surface area contributed by atoms with Crippen LogP contribution in [0.1, 0.15) is 22.1 Å². The first kappa shape index (κ1) is 13.6. The largest absolute Gasteiger partial charge is 0.481 e. The topological polar surface area (TPSA) is 80.3 Å². The quantitative estimate of drug-likeness (QED) is 0.912. The molecule has 1 aliphatic rings. The van der Waals surface area contributed by atoms with E-state index in [0.29, 0.717) is 31.2 Å². The number of amides is 1. The van der Waals surface area contributed by atoms with Crippen molar-refractivity contribution in [1.82, 2.24) is 20.1 Å². The molecule has 0 spiro atoms. The highest BCUT2D eigenvalue weighted by Crippen LogP contribution is 2.24. The van der Waals surface area contributed by atoms with Gasteiger partial charge in [-0.3, -0.25) is 9.89 Å². The lowest BCUT2D eigenvalue weighted by Crippen LogP contribution is -2.43. The van der Waals surface area contributed by atoms with E-state index in [1.54, 1.807) is 30.3 Å². The second-order valence-corrected chi connectivity index (χ2v) is 4.69. The predicted molar refractivity (Wildman–Crippen MR) is 74.0 cm³/mol. The van der Waals surface area contributed by atoms with Crippen molar-refractivity contribution >= 4 is 5.91 Å². The molecule has 7 nitrogen and oxygen atoms in total. The van der Waals surface area contributed by atoms with Gasteiger partial charge in [-0.1, -0.05) is 0 Å². The van der Waals surface area contributed by atoms with Crippen molar-refractivity contribution in [2.45, 2.75) is 6.04 Å². The summed E-state index contributed by atoms with van der Waals surface area (Å²) < 4.78 is 10.5. The lowest BCUT2D eigenvalue weighted by Gasteiger charge is -2.34. The molecular weight excluding hydrogens is 272 g/mol. The first-order valence-electron chi connectivity index (χ1n) is 6.67. The van der Waals surface area contributed by atoms with Crippen LogP contribution in [0.2, 0.25) is 0 Å². The Morgan fingerprint density at radius 1 is 1.48 bits per heavy atom. The number of carbonyl (C=O) groups excluding carboxylic acids is 1. The molecule has 0 unspecified atom stereocenters. The Morgan fingerprint density at radius 3 is 3.05 bits per heavy atom. The number of H-pyrrole nitrogens is 1. The van der Waals surface area contributed by atoms with Crippen LogP contribution >= 0.6 is 0 Å². The number of aromatic amines is 1. The Hall–Kier alpha value is -2.41. The molecule has 3 heterocycles. The van der Waals surface area contributed by atoms with Crippen molar-refractivity contribution < 1.29 is 14.3 Å². The minimum atomic E-state index is -0.157. The van der Waals surface area contributed by atoms with Gasteiger partial charge in [0.2, 0.25) is 5.88 Å². The summed E-state index contributed by atoms with van der Waals surface area (Å²) >= 11 is 0. The molecule has 1 fully saturated rings. The van der Waals surface area contributed by atoms with E-state index >= 15 is 0 Å². The second kappa shape index (κ2) is 5.92. The molecule has 2 aromatic rings.